The van der Waals surface area contributed by atoms with Crippen LogP contribution in [0.25, 0.3) is 0 Å². The third kappa shape index (κ3) is 4.24. The molecule has 0 saturated heterocycles. The van der Waals surface area contributed by atoms with Crippen LogP contribution >= 0.6 is 0 Å². The Kier molecular flexibility index (Phi) is 5.97. The number of unbranched alkanes of at least 4 members (excludes halogenated alkanes) is 1. The predicted octanol–water partition coefficient (Wildman–Crippen LogP) is 3.42. The van der Waals surface area contributed by atoms with Crippen LogP contribution < -0.4 is 5.32 Å². The zero-order chi connectivity index (χ0) is 12.8. The molecule has 0 aliphatic heterocycles. The van der Waals surface area contributed by atoms with E-state index in [0.29, 0.717) is 0 Å². The molecule has 18 heavy (non-hydrogen) atoms. The Morgan fingerprint density at radius 2 is 1.83 bits per heavy atom. The Hall–Kier alpha value is -0.0800. The van der Waals surface area contributed by atoms with Crippen LogP contribution in [-0.2, 0) is 0 Å². The van der Waals surface area contributed by atoms with Crippen molar-refractivity contribution in [3.05, 3.63) is 0 Å². The van der Waals surface area contributed by atoms with Crippen LogP contribution in [0.4, 0.5) is 0 Å². The van der Waals surface area contributed by atoms with Gasteiger partial charge in [0.25, 0.3) is 0 Å². The quantitative estimate of drug-likeness (QED) is 0.676. The summed E-state index contributed by atoms with van der Waals surface area (Å²) in [6, 6.07) is 1.69. The first-order chi connectivity index (χ1) is 8.85. The minimum Gasteiger partial charge on any atom is -0.313 e. The van der Waals surface area contributed by atoms with Crippen molar-refractivity contribution in [1.82, 2.24) is 10.2 Å². The molecule has 1 N–H and O–H groups in total. The van der Waals surface area contributed by atoms with Gasteiger partial charge in [-0.15, -0.1) is 0 Å². The molecule has 0 aromatic heterocycles. The van der Waals surface area contributed by atoms with Gasteiger partial charge in [-0.2, -0.15) is 0 Å². The summed E-state index contributed by atoms with van der Waals surface area (Å²) in [5.74, 6) is 0.952. The fourth-order valence-electron chi connectivity index (χ4n) is 3.48. The monoisotopic (exact) mass is 252 g/mol. The molecule has 0 heterocycles. The highest BCUT2D eigenvalue weighted by atomic mass is 15.2. The molecule has 106 valence electrons. The van der Waals surface area contributed by atoms with E-state index in [9.17, 15) is 0 Å². The minimum absolute atomic E-state index is 0.759. The summed E-state index contributed by atoms with van der Waals surface area (Å²) >= 11 is 0. The van der Waals surface area contributed by atoms with E-state index in [0.717, 1.165) is 24.5 Å². The second-order valence-electron chi connectivity index (χ2n) is 6.29. The normalized spacial score (nSPS) is 22.8. The van der Waals surface area contributed by atoms with Crippen LogP contribution in [0.2, 0.25) is 0 Å². The van der Waals surface area contributed by atoms with E-state index in [4.69, 9.17) is 0 Å². The molecule has 0 amide bonds. The third-order valence-corrected chi connectivity index (χ3v) is 4.73. The fraction of sp³-hybridized carbons (Fsp3) is 1.00. The van der Waals surface area contributed by atoms with E-state index in [-0.39, 0.29) is 0 Å². The number of hydrogen-bond acceptors (Lipinski definition) is 2. The molecule has 0 aromatic carbocycles. The molecule has 0 radical (unpaired) electrons. The van der Waals surface area contributed by atoms with Gasteiger partial charge in [0.15, 0.2) is 0 Å². The number of nitrogens with one attached hydrogen (secondary N) is 1. The van der Waals surface area contributed by atoms with Gasteiger partial charge in [-0.1, -0.05) is 33.1 Å². The maximum absolute atomic E-state index is 3.77. The number of rotatable bonds is 9. The van der Waals surface area contributed by atoms with Crippen molar-refractivity contribution < 1.29 is 0 Å². The standard InChI is InChI=1S/C16H32N2/c1-3-5-12-18(15-10-11-15)13-16(17-4-2)14-8-6-7-9-14/h14-17H,3-13H2,1-2H3. The topological polar surface area (TPSA) is 15.3 Å². The van der Waals surface area contributed by atoms with E-state index in [1.54, 1.807) is 0 Å². The molecule has 2 saturated carbocycles. The van der Waals surface area contributed by atoms with Crippen LogP contribution in [-0.4, -0.2) is 36.6 Å². The molecule has 2 rings (SSSR count). The Labute approximate surface area is 114 Å². The Balaban J connectivity index is 1.83. The SMILES string of the molecule is CCCCN(CC(NCC)C1CCCC1)C1CC1. The van der Waals surface area contributed by atoms with E-state index < -0.39 is 0 Å². The zero-order valence-corrected chi connectivity index (χ0v) is 12.5. The van der Waals surface area contributed by atoms with Crippen LogP contribution in [0.3, 0.4) is 0 Å². The van der Waals surface area contributed by atoms with Crippen molar-refractivity contribution in [3.8, 4) is 0 Å². The van der Waals surface area contributed by atoms with Gasteiger partial charge in [-0.25, -0.2) is 0 Å². The first-order valence-corrected chi connectivity index (χ1v) is 8.32. The molecule has 1 atom stereocenters. The molecule has 2 nitrogen and oxygen atoms in total. The summed E-state index contributed by atoms with van der Waals surface area (Å²) in [6.07, 6.45) is 11.5. The van der Waals surface area contributed by atoms with Gasteiger partial charge in [-0.05, 0) is 51.1 Å². The van der Waals surface area contributed by atoms with Gasteiger partial charge in [0, 0.05) is 18.6 Å². The second kappa shape index (κ2) is 7.49. The maximum Gasteiger partial charge on any atom is 0.0223 e. The summed E-state index contributed by atoms with van der Waals surface area (Å²) < 4.78 is 0. The highest BCUT2D eigenvalue weighted by Gasteiger charge is 2.32. The van der Waals surface area contributed by atoms with Crippen LogP contribution in [0.1, 0.15) is 65.2 Å². The van der Waals surface area contributed by atoms with Gasteiger partial charge in [0.2, 0.25) is 0 Å². The van der Waals surface area contributed by atoms with Crippen molar-refractivity contribution in [2.75, 3.05) is 19.6 Å². The summed E-state index contributed by atoms with van der Waals surface area (Å²) in [6.45, 7) is 8.34. The number of likely N-dealkylation sites (N-methyl/N-ethyl adjacent to an activating group) is 1. The lowest BCUT2D eigenvalue weighted by molar-refractivity contribution is 0.199. The van der Waals surface area contributed by atoms with Crippen molar-refractivity contribution in [2.24, 2.45) is 5.92 Å². The summed E-state index contributed by atoms with van der Waals surface area (Å²) in [7, 11) is 0. The summed E-state index contributed by atoms with van der Waals surface area (Å²) in [5.41, 5.74) is 0. The van der Waals surface area contributed by atoms with E-state index in [1.807, 2.05) is 0 Å². The number of nitrogens with zero attached hydrogens (tertiary/aromatic N) is 1. The Morgan fingerprint density at radius 3 is 2.39 bits per heavy atom. The first kappa shape index (κ1) is 14.3. The Morgan fingerprint density at radius 1 is 1.11 bits per heavy atom. The van der Waals surface area contributed by atoms with Gasteiger partial charge < -0.3 is 5.32 Å². The van der Waals surface area contributed by atoms with E-state index >= 15 is 0 Å². The highest BCUT2D eigenvalue weighted by Crippen LogP contribution is 2.31. The average Bonchev–Trinajstić information content (AvgIpc) is 3.08. The lowest BCUT2D eigenvalue weighted by Gasteiger charge is -2.31. The van der Waals surface area contributed by atoms with Crippen LogP contribution in [0.15, 0.2) is 0 Å². The first-order valence-electron chi connectivity index (χ1n) is 8.32. The molecular weight excluding hydrogens is 220 g/mol. The lowest BCUT2D eigenvalue weighted by atomic mass is 9.97. The lowest BCUT2D eigenvalue weighted by Crippen LogP contribution is -2.46. The fourth-order valence-corrected chi connectivity index (χ4v) is 3.48. The highest BCUT2D eigenvalue weighted by molar-refractivity contribution is 4.89. The minimum atomic E-state index is 0.759. The molecule has 2 fully saturated rings. The van der Waals surface area contributed by atoms with Gasteiger partial charge in [0.05, 0.1) is 0 Å². The summed E-state index contributed by atoms with van der Waals surface area (Å²) in [5, 5.41) is 3.77. The van der Waals surface area contributed by atoms with E-state index in [2.05, 4.69) is 24.1 Å². The van der Waals surface area contributed by atoms with Crippen LogP contribution in [0, 0.1) is 5.92 Å². The Bertz CT molecular complexity index is 219. The van der Waals surface area contributed by atoms with Crippen molar-refractivity contribution in [1.29, 1.82) is 0 Å². The smallest absolute Gasteiger partial charge is 0.0223 e. The zero-order valence-electron chi connectivity index (χ0n) is 12.5. The molecule has 1 unspecified atom stereocenters. The predicted molar refractivity (Wildman–Crippen MR) is 78.9 cm³/mol. The molecule has 2 aliphatic rings. The van der Waals surface area contributed by atoms with Crippen molar-refractivity contribution in [2.45, 2.75) is 77.3 Å². The summed E-state index contributed by atoms with van der Waals surface area (Å²) in [4.78, 5) is 2.79. The van der Waals surface area contributed by atoms with Crippen molar-refractivity contribution >= 4 is 0 Å². The van der Waals surface area contributed by atoms with Gasteiger partial charge >= 0.3 is 0 Å². The largest absolute Gasteiger partial charge is 0.313 e. The molecule has 0 spiro atoms. The molecular formula is C16H32N2. The molecule has 2 aliphatic carbocycles. The molecule has 0 bridgehead atoms. The average molecular weight is 252 g/mol. The van der Waals surface area contributed by atoms with Gasteiger partial charge in [0.1, 0.15) is 0 Å². The van der Waals surface area contributed by atoms with Crippen molar-refractivity contribution in [3.63, 3.8) is 0 Å². The molecule has 2 heteroatoms. The van der Waals surface area contributed by atoms with Crippen LogP contribution in [0.5, 0.6) is 0 Å². The second-order valence-corrected chi connectivity index (χ2v) is 6.29. The van der Waals surface area contributed by atoms with Gasteiger partial charge in [-0.3, -0.25) is 4.90 Å². The number of hydrogen-bond donors (Lipinski definition) is 1. The molecule has 0 aromatic rings. The third-order valence-electron chi connectivity index (χ3n) is 4.73. The van der Waals surface area contributed by atoms with E-state index in [1.165, 1.54) is 64.5 Å². The maximum atomic E-state index is 3.77.